The third-order valence-electron chi connectivity index (χ3n) is 3.02. The van der Waals surface area contributed by atoms with Crippen LogP contribution in [0.25, 0.3) is 0 Å². The Labute approximate surface area is 97.9 Å². The van der Waals surface area contributed by atoms with Crippen LogP contribution in [0.2, 0.25) is 0 Å². The van der Waals surface area contributed by atoms with Gasteiger partial charge in [0.1, 0.15) is 0 Å². The third kappa shape index (κ3) is 3.47. The Bertz CT molecular complexity index is 337. The van der Waals surface area contributed by atoms with Gasteiger partial charge in [-0.1, -0.05) is 20.3 Å². The van der Waals surface area contributed by atoms with Gasteiger partial charge in [0.05, 0.1) is 11.5 Å². The van der Waals surface area contributed by atoms with E-state index in [2.05, 4.69) is 6.92 Å². The molecule has 0 aromatic carbocycles. The van der Waals surface area contributed by atoms with Gasteiger partial charge in [-0.15, -0.1) is 0 Å². The predicted octanol–water partition coefficient (Wildman–Crippen LogP) is 1.21. The topological polar surface area (TPSA) is 54.5 Å². The zero-order valence-electron chi connectivity index (χ0n) is 10.1. The van der Waals surface area contributed by atoms with E-state index >= 15 is 0 Å². The highest BCUT2D eigenvalue weighted by molar-refractivity contribution is 7.91. The van der Waals surface area contributed by atoms with Crippen molar-refractivity contribution >= 4 is 15.7 Å². The Hall–Kier alpha value is -0.580. The lowest BCUT2D eigenvalue weighted by molar-refractivity contribution is -0.132. The van der Waals surface area contributed by atoms with Crippen molar-refractivity contribution in [3.8, 4) is 0 Å². The molecule has 1 heterocycles. The number of rotatable bonds is 5. The standard InChI is InChI=1S/C11H21NO3S/c1-3-5-7-12(11(13)4-2)10-6-8-16(14,15)9-10/h10H,3-9H2,1-2H3/t10-/m1/s1. The first-order valence-corrected chi connectivity index (χ1v) is 7.82. The number of amides is 1. The molecule has 1 fully saturated rings. The molecule has 1 saturated heterocycles. The molecule has 0 bridgehead atoms. The van der Waals surface area contributed by atoms with Gasteiger partial charge in [-0.25, -0.2) is 8.42 Å². The second-order valence-electron chi connectivity index (χ2n) is 4.35. The van der Waals surface area contributed by atoms with E-state index < -0.39 is 9.84 Å². The normalized spacial score (nSPS) is 23.2. The van der Waals surface area contributed by atoms with Crippen molar-refractivity contribution in [2.45, 2.75) is 45.6 Å². The van der Waals surface area contributed by atoms with Gasteiger partial charge in [0.25, 0.3) is 0 Å². The fourth-order valence-corrected chi connectivity index (χ4v) is 3.79. The van der Waals surface area contributed by atoms with Gasteiger partial charge >= 0.3 is 0 Å². The summed E-state index contributed by atoms with van der Waals surface area (Å²) in [4.78, 5) is 13.5. The van der Waals surface area contributed by atoms with Crippen LogP contribution in [0.5, 0.6) is 0 Å². The van der Waals surface area contributed by atoms with Crippen molar-refractivity contribution in [2.24, 2.45) is 0 Å². The maximum Gasteiger partial charge on any atom is 0.222 e. The van der Waals surface area contributed by atoms with Gasteiger partial charge in [0.2, 0.25) is 5.91 Å². The largest absolute Gasteiger partial charge is 0.339 e. The highest BCUT2D eigenvalue weighted by atomic mass is 32.2. The molecule has 1 aliphatic rings. The van der Waals surface area contributed by atoms with Gasteiger partial charge in [-0.3, -0.25) is 4.79 Å². The molecule has 0 aromatic rings. The second-order valence-corrected chi connectivity index (χ2v) is 6.58. The Kier molecular flexibility index (Phi) is 4.77. The molecule has 0 saturated carbocycles. The molecule has 0 radical (unpaired) electrons. The van der Waals surface area contributed by atoms with Crippen LogP contribution in [-0.2, 0) is 14.6 Å². The lowest BCUT2D eigenvalue weighted by Crippen LogP contribution is -2.41. The molecule has 4 nitrogen and oxygen atoms in total. The fourth-order valence-electron chi connectivity index (χ4n) is 2.06. The molecule has 0 N–H and O–H groups in total. The molecule has 0 spiro atoms. The fraction of sp³-hybridized carbons (Fsp3) is 0.909. The smallest absolute Gasteiger partial charge is 0.222 e. The maximum absolute atomic E-state index is 11.7. The van der Waals surface area contributed by atoms with Gasteiger partial charge < -0.3 is 4.90 Å². The summed E-state index contributed by atoms with van der Waals surface area (Å²) in [6.07, 6.45) is 3.04. The summed E-state index contributed by atoms with van der Waals surface area (Å²) in [5.41, 5.74) is 0. The zero-order chi connectivity index (χ0) is 12.2. The van der Waals surface area contributed by atoms with E-state index in [4.69, 9.17) is 0 Å². The summed E-state index contributed by atoms with van der Waals surface area (Å²) in [5.74, 6) is 0.468. The van der Waals surface area contributed by atoms with E-state index in [0.29, 0.717) is 19.4 Å². The van der Waals surface area contributed by atoms with E-state index in [9.17, 15) is 13.2 Å². The van der Waals surface area contributed by atoms with Crippen LogP contribution in [0.3, 0.4) is 0 Å². The van der Waals surface area contributed by atoms with Crippen molar-refractivity contribution in [1.29, 1.82) is 0 Å². The lowest BCUT2D eigenvalue weighted by atomic mass is 10.2. The zero-order valence-corrected chi connectivity index (χ0v) is 10.9. The summed E-state index contributed by atoms with van der Waals surface area (Å²) in [5, 5.41) is 0. The first-order valence-electron chi connectivity index (χ1n) is 6.00. The number of carbonyl (C=O) groups is 1. The molecule has 1 rings (SSSR count). The maximum atomic E-state index is 11.7. The highest BCUT2D eigenvalue weighted by Gasteiger charge is 2.33. The molecular formula is C11H21NO3S. The Morgan fingerprint density at radius 1 is 1.38 bits per heavy atom. The van der Waals surface area contributed by atoms with E-state index in [0.717, 1.165) is 12.8 Å². The minimum atomic E-state index is -2.90. The lowest BCUT2D eigenvalue weighted by Gasteiger charge is -2.27. The number of sulfone groups is 1. The molecular weight excluding hydrogens is 226 g/mol. The number of nitrogens with zero attached hydrogens (tertiary/aromatic N) is 1. The molecule has 0 aliphatic carbocycles. The van der Waals surface area contributed by atoms with Gasteiger partial charge in [-0.2, -0.15) is 0 Å². The van der Waals surface area contributed by atoms with Crippen molar-refractivity contribution in [3.63, 3.8) is 0 Å². The average Bonchev–Trinajstić information content (AvgIpc) is 2.59. The minimum absolute atomic E-state index is 0.0792. The number of hydrogen-bond acceptors (Lipinski definition) is 3. The molecule has 1 atom stereocenters. The highest BCUT2D eigenvalue weighted by Crippen LogP contribution is 2.19. The average molecular weight is 247 g/mol. The number of hydrogen-bond donors (Lipinski definition) is 0. The van der Waals surface area contributed by atoms with E-state index in [-0.39, 0.29) is 23.5 Å². The SMILES string of the molecule is CCCCN(C(=O)CC)[C@@H]1CCS(=O)(=O)C1. The summed E-state index contributed by atoms with van der Waals surface area (Å²) < 4.78 is 22.8. The van der Waals surface area contributed by atoms with Crippen LogP contribution in [-0.4, -0.2) is 43.3 Å². The molecule has 16 heavy (non-hydrogen) atoms. The third-order valence-corrected chi connectivity index (χ3v) is 4.77. The second kappa shape index (κ2) is 5.66. The molecule has 0 unspecified atom stereocenters. The van der Waals surface area contributed by atoms with Crippen LogP contribution < -0.4 is 0 Å². The van der Waals surface area contributed by atoms with Crippen LogP contribution in [0.4, 0.5) is 0 Å². The monoisotopic (exact) mass is 247 g/mol. The summed E-state index contributed by atoms with van der Waals surface area (Å²) in [6, 6.07) is -0.0796. The molecule has 0 aromatic heterocycles. The van der Waals surface area contributed by atoms with Crippen molar-refractivity contribution in [3.05, 3.63) is 0 Å². The summed E-state index contributed by atoms with van der Waals surface area (Å²) in [6.45, 7) is 4.59. The molecule has 5 heteroatoms. The van der Waals surface area contributed by atoms with Gasteiger partial charge in [0, 0.05) is 19.0 Å². The van der Waals surface area contributed by atoms with E-state index in [1.165, 1.54) is 0 Å². The Morgan fingerprint density at radius 3 is 2.50 bits per heavy atom. The van der Waals surface area contributed by atoms with Crippen molar-refractivity contribution in [1.82, 2.24) is 4.90 Å². The number of carbonyl (C=O) groups excluding carboxylic acids is 1. The van der Waals surface area contributed by atoms with Crippen LogP contribution >= 0.6 is 0 Å². The van der Waals surface area contributed by atoms with Crippen molar-refractivity contribution in [2.75, 3.05) is 18.1 Å². The quantitative estimate of drug-likeness (QED) is 0.734. The van der Waals surface area contributed by atoms with Gasteiger partial charge in [-0.05, 0) is 12.8 Å². The summed E-state index contributed by atoms with van der Waals surface area (Å²) in [7, 11) is -2.90. The Morgan fingerprint density at radius 2 is 2.06 bits per heavy atom. The Balaban J connectivity index is 2.66. The van der Waals surface area contributed by atoms with E-state index in [1.807, 2.05) is 6.92 Å². The minimum Gasteiger partial charge on any atom is -0.339 e. The van der Waals surface area contributed by atoms with E-state index in [1.54, 1.807) is 4.90 Å². The van der Waals surface area contributed by atoms with Crippen molar-refractivity contribution < 1.29 is 13.2 Å². The molecule has 94 valence electrons. The first kappa shape index (κ1) is 13.5. The molecule has 1 amide bonds. The van der Waals surface area contributed by atoms with Gasteiger partial charge in [0.15, 0.2) is 9.84 Å². The van der Waals surface area contributed by atoms with Crippen LogP contribution in [0, 0.1) is 0 Å². The summed E-state index contributed by atoms with van der Waals surface area (Å²) >= 11 is 0. The first-order chi connectivity index (χ1) is 7.50. The predicted molar refractivity (Wildman–Crippen MR) is 64.0 cm³/mol. The van der Waals surface area contributed by atoms with Crippen LogP contribution in [0.1, 0.15) is 39.5 Å². The van der Waals surface area contributed by atoms with Crippen LogP contribution in [0.15, 0.2) is 0 Å². The number of unbranched alkanes of at least 4 members (excludes halogenated alkanes) is 1. The molecule has 1 aliphatic heterocycles.